The van der Waals surface area contributed by atoms with Crippen molar-refractivity contribution in [3.8, 4) is 5.75 Å². The topological polar surface area (TPSA) is 76.5 Å². The number of carboxylic acid groups (broad SMARTS) is 1. The predicted octanol–water partition coefficient (Wildman–Crippen LogP) is 7.89. The molecule has 0 radical (unpaired) electrons. The van der Waals surface area contributed by atoms with Gasteiger partial charge in [0.15, 0.2) is 0 Å². The summed E-state index contributed by atoms with van der Waals surface area (Å²) in [7, 11) is 0. The number of nitrogens with zero attached hydrogens (tertiary/aromatic N) is 1. The lowest BCUT2D eigenvalue weighted by Crippen LogP contribution is -2.15. The summed E-state index contributed by atoms with van der Waals surface area (Å²) in [4.78, 5) is 25.5. The molecule has 37 heavy (non-hydrogen) atoms. The van der Waals surface area contributed by atoms with E-state index >= 15 is 0 Å². The number of hydrogen-bond acceptors (Lipinski definition) is 4. The molecule has 7 heteroatoms. The summed E-state index contributed by atoms with van der Waals surface area (Å²) in [6, 6.07) is 19.3. The van der Waals surface area contributed by atoms with Crippen molar-refractivity contribution in [2.45, 2.75) is 32.8 Å². The van der Waals surface area contributed by atoms with E-state index in [0.717, 1.165) is 28.5 Å². The first-order valence-electron chi connectivity index (χ1n) is 11.6. The van der Waals surface area contributed by atoms with Gasteiger partial charge in [0.1, 0.15) is 11.4 Å². The van der Waals surface area contributed by atoms with Crippen LogP contribution in [0.2, 0.25) is 0 Å². The van der Waals surface area contributed by atoms with Gasteiger partial charge in [-0.05, 0) is 73.7 Å². The number of ketones is 1. The molecule has 3 rings (SSSR count). The molecule has 3 aromatic rings. The van der Waals surface area contributed by atoms with Gasteiger partial charge in [-0.25, -0.2) is 0 Å². The first kappa shape index (κ1) is 29.7. The molecule has 5 nitrogen and oxygen atoms in total. The van der Waals surface area contributed by atoms with Crippen LogP contribution in [0.5, 0.6) is 5.75 Å². The lowest BCUT2D eigenvalue weighted by molar-refractivity contribution is -0.122. The largest absolute Gasteiger partial charge is 0.490 e. The Bertz CT molecular complexity index is 1240. The standard InChI is InChI=1S/C29H27BrClNO2.CH2O2/c1-3-7-23(8-6-18-31)24-14-12-22(13-15-24)11-10-21(2)34-28-17-16-25(30)20-26(28)29(33)27-9-4-5-19-32-27;2-1-3/h3-9,12-21H,10-11H2,1-2H3;1H,(H,2,3)/b7-3-,18-6+,23-8+;. The molecule has 192 valence electrons. The van der Waals surface area contributed by atoms with Gasteiger partial charge in [0.25, 0.3) is 6.47 Å². The molecule has 0 fully saturated rings. The van der Waals surface area contributed by atoms with E-state index in [1.165, 1.54) is 11.1 Å². The van der Waals surface area contributed by atoms with Gasteiger partial charge in [0.05, 0.1) is 11.7 Å². The number of aryl methyl sites for hydroxylation is 1. The van der Waals surface area contributed by atoms with E-state index in [-0.39, 0.29) is 18.4 Å². The zero-order valence-electron chi connectivity index (χ0n) is 20.7. The van der Waals surface area contributed by atoms with Crippen LogP contribution in [0.3, 0.4) is 0 Å². The highest BCUT2D eigenvalue weighted by Gasteiger charge is 2.18. The molecule has 0 saturated carbocycles. The van der Waals surface area contributed by atoms with Crippen LogP contribution in [0.4, 0.5) is 0 Å². The van der Waals surface area contributed by atoms with Gasteiger partial charge in [0.2, 0.25) is 5.78 Å². The monoisotopic (exact) mass is 581 g/mol. The number of carbonyl (C=O) groups excluding carboxylic acids is 1. The molecule has 0 aliphatic heterocycles. The summed E-state index contributed by atoms with van der Waals surface area (Å²) in [6.07, 6.45) is 11.1. The van der Waals surface area contributed by atoms with Crippen molar-refractivity contribution in [2.75, 3.05) is 0 Å². The number of allylic oxidation sites excluding steroid dienone is 5. The minimum atomic E-state index is -0.250. The van der Waals surface area contributed by atoms with Gasteiger partial charge in [-0.1, -0.05) is 82.2 Å². The highest BCUT2D eigenvalue weighted by Crippen LogP contribution is 2.27. The van der Waals surface area contributed by atoms with E-state index in [9.17, 15) is 4.79 Å². The van der Waals surface area contributed by atoms with E-state index in [0.29, 0.717) is 17.0 Å². The van der Waals surface area contributed by atoms with Gasteiger partial charge in [-0.2, -0.15) is 0 Å². The fourth-order valence-corrected chi connectivity index (χ4v) is 3.93. The number of rotatable bonds is 10. The second kappa shape index (κ2) is 16.3. The van der Waals surface area contributed by atoms with Gasteiger partial charge in [0, 0.05) is 16.2 Å². The minimum absolute atomic E-state index is 0.0662. The zero-order chi connectivity index (χ0) is 27.0. The highest BCUT2D eigenvalue weighted by atomic mass is 79.9. The van der Waals surface area contributed by atoms with Crippen LogP contribution in [0, 0.1) is 0 Å². The average Bonchev–Trinajstić information content (AvgIpc) is 2.92. The zero-order valence-corrected chi connectivity index (χ0v) is 23.0. The molecule has 1 aromatic heterocycles. The number of benzene rings is 2. The van der Waals surface area contributed by atoms with Crippen LogP contribution in [0.1, 0.15) is 47.4 Å². The van der Waals surface area contributed by atoms with Crippen molar-refractivity contribution in [1.82, 2.24) is 4.98 Å². The second-order valence-electron chi connectivity index (χ2n) is 7.89. The molecular formula is C30H29BrClNO4. The smallest absolute Gasteiger partial charge is 0.290 e. The summed E-state index contributed by atoms with van der Waals surface area (Å²) in [5.74, 6) is 0.406. The first-order valence-corrected chi connectivity index (χ1v) is 12.8. The van der Waals surface area contributed by atoms with E-state index in [1.807, 2.05) is 44.2 Å². The van der Waals surface area contributed by atoms with Crippen LogP contribution in [-0.4, -0.2) is 28.4 Å². The quantitative estimate of drug-likeness (QED) is 0.149. The minimum Gasteiger partial charge on any atom is -0.490 e. The molecule has 1 atom stereocenters. The molecule has 0 spiro atoms. The summed E-state index contributed by atoms with van der Waals surface area (Å²) in [5.41, 5.74) is 5.86. The summed E-state index contributed by atoms with van der Waals surface area (Å²) in [5, 5.41) is 6.89. The molecule has 0 amide bonds. The number of aromatic nitrogens is 1. The van der Waals surface area contributed by atoms with Gasteiger partial charge in [-0.15, -0.1) is 0 Å². The van der Waals surface area contributed by atoms with E-state index in [1.54, 1.807) is 30.5 Å². The third-order valence-electron chi connectivity index (χ3n) is 5.23. The van der Waals surface area contributed by atoms with Gasteiger partial charge in [-0.3, -0.25) is 14.6 Å². The first-order chi connectivity index (χ1) is 17.9. The number of halogens is 2. The Morgan fingerprint density at radius 1 is 1.16 bits per heavy atom. The van der Waals surface area contributed by atoms with E-state index < -0.39 is 0 Å². The van der Waals surface area contributed by atoms with Crippen LogP contribution < -0.4 is 4.74 Å². The summed E-state index contributed by atoms with van der Waals surface area (Å²) >= 11 is 9.13. The Labute approximate surface area is 231 Å². The van der Waals surface area contributed by atoms with E-state index in [2.05, 4.69) is 51.3 Å². The molecule has 0 aliphatic rings. The molecular weight excluding hydrogens is 554 g/mol. The SMILES string of the molecule is C\C=C/C(=C\C=C\Cl)c1ccc(CCC(C)Oc2ccc(Br)cc2C(=O)c2ccccn2)cc1.O=CO. The summed E-state index contributed by atoms with van der Waals surface area (Å²) in [6.45, 7) is 3.77. The lowest BCUT2D eigenvalue weighted by atomic mass is 10.0. The molecule has 0 aliphatic carbocycles. The van der Waals surface area contributed by atoms with Crippen LogP contribution in [0.15, 0.2) is 101 Å². The van der Waals surface area contributed by atoms with Crippen LogP contribution in [-0.2, 0) is 11.2 Å². The average molecular weight is 583 g/mol. The van der Waals surface area contributed by atoms with Crippen molar-refractivity contribution < 1.29 is 19.4 Å². The third kappa shape index (κ3) is 9.83. The number of ether oxygens (including phenoxy) is 1. The Kier molecular flexibility index (Phi) is 13.1. The lowest BCUT2D eigenvalue weighted by Gasteiger charge is -2.17. The maximum atomic E-state index is 13.0. The fraction of sp³-hybridized carbons (Fsp3) is 0.167. The van der Waals surface area contributed by atoms with Crippen molar-refractivity contribution in [1.29, 1.82) is 0 Å². The molecule has 1 heterocycles. The number of carbonyl (C=O) groups is 2. The fourth-order valence-electron chi connectivity index (χ4n) is 3.49. The van der Waals surface area contributed by atoms with Crippen molar-refractivity contribution in [2.24, 2.45) is 0 Å². The predicted molar refractivity (Wildman–Crippen MR) is 153 cm³/mol. The maximum Gasteiger partial charge on any atom is 0.290 e. The summed E-state index contributed by atoms with van der Waals surface area (Å²) < 4.78 is 7.01. The molecule has 0 saturated heterocycles. The van der Waals surface area contributed by atoms with Gasteiger partial charge >= 0.3 is 0 Å². The highest BCUT2D eigenvalue weighted by molar-refractivity contribution is 9.10. The van der Waals surface area contributed by atoms with E-state index in [4.69, 9.17) is 26.2 Å². The maximum absolute atomic E-state index is 13.0. The Morgan fingerprint density at radius 2 is 1.89 bits per heavy atom. The Morgan fingerprint density at radius 3 is 2.51 bits per heavy atom. The van der Waals surface area contributed by atoms with Crippen molar-refractivity contribution in [3.63, 3.8) is 0 Å². The molecule has 0 bridgehead atoms. The van der Waals surface area contributed by atoms with Crippen molar-refractivity contribution in [3.05, 3.63) is 124 Å². The van der Waals surface area contributed by atoms with Crippen molar-refractivity contribution >= 4 is 45.4 Å². The van der Waals surface area contributed by atoms with Gasteiger partial charge < -0.3 is 9.84 Å². The normalized spacial score (nSPS) is 12.2. The molecule has 2 aromatic carbocycles. The Hall–Kier alpha value is -3.48. The molecule has 1 unspecified atom stereocenters. The molecule has 1 N–H and O–H groups in total. The van der Waals surface area contributed by atoms with Crippen LogP contribution >= 0.6 is 27.5 Å². The number of hydrogen-bond donors (Lipinski definition) is 1. The second-order valence-corrected chi connectivity index (χ2v) is 9.06. The third-order valence-corrected chi connectivity index (χ3v) is 5.87. The number of pyridine rings is 1. The Balaban J connectivity index is 0.00000153. The van der Waals surface area contributed by atoms with Crippen LogP contribution in [0.25, 0.3) is 5.57 Å².